The first-order valence-electron chi connectivity index (χ1n) is 7.84. The van der Waals surface area contributed by atoms with Crippen molar-refractivity contribution in [1.82, 2.24) is 9.71 Å². The van der Waals surface area contributed by atoms with Gasteiger partial charge in [-0.25, -0.2) is 13.1 Å². The average Bonchev–Trinajstić information content (AvgIpc) is 2.67. The molecular formula is C18H14F2N2O5S. The third-order valence-electron chi connectivity index (χ3n) is 3.80. The van der Waals surface area contributed by atoms with E-state index in [4.69, 9.17) is 4.74 Å². The monoisotopic (exact) mass is 408 g/mol. The van der Waals surface area contributed by atoms with Gasteiger partial charge in [0.05, 0.1) is 12.0 Å². The minimum Gasteiger partial charge on any atom is -0.493 e. The highest BCUT2D eigenvalue weighted by atomic mass is 32.2. The fraction of sp³-hybridized carbons (Fsp3) is 0.111. The smallest absolute Gasteiger partial charge is 0.387 e. The standard InChI is InChI=1S/C18H14F2N2O5S/c1-26-15-9-11(5-6-14(15)27-18(19)20)17(23)22-28(24,25)16-4-2-3-12-10-21-8-7-13(12)16/h2-10,18H,1H3,(H,22,23). The normalized spacial score (nSPS) is 11.4. The molecule has 0 spiro atoms. The minimum atomic E-state index is -4.20. The van der Waals surface area contributed by atoms with Crippen LogP contribution in [-0.4, -0.2) is 33.0 Å². The lowest BCUT2D eigenvalue weighted by molar-refractivity contribution is -0.0512. The van der Waals surface area contributed by atoms with Crippen LogP contribution >= 0.6 is 0 Å². The predicted molar refractivity (Wildman–Crippen MR) is 96.0 cm³/mol. The molecule has 1 N–H and O–H groups in total. The third-order valence-corrected chi connectivity index (χ3v) is 5.19. The molecule has 1 aromatic heterocycles. The molecule has 0 fully saturated rings. The number of rotatable bonds is 6. The molecule has 3 rings (SSSR count). The minimum absolute atomic E-state index is 0.0923. The number of carbonyl (C=O) groups excluding carboxylic acids is 1. The second-order valence-electron chi connectivity index (χ2n) is 5.53. The number of ether oxygens (including phenoxy) is 2. The summed E-state index contributed by atoms with van der Waals surface area (Å²) >= 11 is 0. The van der Waals surface area contributed by atoms with Gasteiger partial charge in [0, 0.05) is 28.7 Å². The molecular weight excluding hydrogens is 394 g/mol. The summed E-state index contributed by atoms with van der Waals surface area (Å²) in [5, 5.41) is 0.990. The predicted octanol–water partition coefficient (Wildman–Crippen LogP) is 2.96. The molecule has 28 heavy (non-hydrogen) atoms. The lowest BCUT2D eigenvalue weighted by Crippen LogP contribution is -2.30. The van der Waals surface area contributed by atoms with Crippen LogP contribution in [0.5, 0.6) is 11.5 Å². The summed E-state index contributed by atoms with van der Waals surface area (Å²) in [6, 6.07) is 9.45. The van der Waals surface area contributed by atoms with E-state index in [2.05, 4.69) is 9.72 Å². The number of hydrogen-bond donors (Lipinski definition) is 1. The van der Waals surface area contributed by atoms with E-state index in [1.165, 1.54) is 37.7 Å². The number of pyridine rings is 1. The highest BCUT2D eigenvalue weighted by molar-refractivity contribution is 7.90. The Bertz CT molecular complexity index is 1130. The lowest BCUT2D eigenvalue weighted by atomic mass is 10.2. The van der Waals surface area contributed by atoms with Crippen LogP contribution in [0.4, 0.5) is 8.78 Å². The fourth-order valence-corrected chi connectivity index (χ4v) is 3.77. The summed E-state index contributed by atoms with van der Waals surface area (Å²) in [7, 11) is -3.00. The van der Waals surface area contributed by atoms with Gasteiger partial charge in [0.15, 0.2) is 11.5 Å². The van der Waals surface area contributed by atoms with Crippen molar-refractivity contribution >= 4 is 26.7 Å². The molecule has 0 bridgehead atoms. The number of aromatic nitrogens is 1. The van der Waals surface area contributed by atoms with Gasteiger partial charge in [0.2, 0.25) is 0 Å². The van der Waals surface area contributed by atoms with Crippen molar-refractivity contribution in [2.45, 2.75) is 11.5 Å². The van der Waals surface area contributed by atoms with Crippen molar-refractivity contribution < 1.29 is 31.5 Å². The molecule has 0 atom stereocenters. The van der Waals surface area contributed by atoms with E-state index in [-0.39, 0.29) is 22.0 Å². The number of benzene rings is 2. The molecule has 1 heterocycles. The molecule has 10 heteroatoms. The fourth-order valence-electron chi connectivity index (χ4n) is 2.57. The van der Waals surface area contributed by atoms with Crippen LogP contribution in [0.1, 0.15) is 10.4 Å². The summed E-state index contributed by atoms with van der Waals surface area (Å²) in [4.78, 5) is 16.3. The molecule has 0 aliphatic carbocycles. The van der Waals surface area contributed by atoms with Crippen LogP contribution in [0.2, 0.25) is 0 Å². The van der Waals surface area contributed by atoms with Crippen molar-refractivity contribution in [2.24, 2.45) is 0 Å². The summed E-state index contributed by atoms with van der Waals surface area (Å²) in [5.41, 5.74) is -0.107. The van der Waals surface area contributed by atoms with E-state index in [0.717, 1.165) is 18.2 Å². The molecule has 0 unspecified atom stereocenters. The highest BCUT2D eigenvalue weighted by Gasteiger charge is 2.22. The van der Waals surface area contributed by atoms with E-state index in [1.54, 1.807) is 6.07 Å². The Morgan fingerprint density at radius 3 is 2.64 bits per heavy atom. The summed E-state index contributed by atoms with van der Waals surface area (Å²) in [6.45, 7) is -3.07. The quantitative estimate of drug-likeness (QED) is 0.674. The Hall–Kier alpha value is -3.27. The molecule has 146 valence electrons. The van der Waals surface area contributed by atoms with E-state index in [0.29, 0.717) is 10.8 Å². The summed E-state index contributed by atoms with van der Waals surface area (Å²) < 4.78 is 61.3. The Labute approximate surface area is 159 Å². The summed E-state index contributed by atoms with van der Waals surface area (Å²) in [5.74, 6) is -1.37. The number of carbonyl (C=O) groups is 1. The largest absolute Gasteiger partial charge is 0.493 e. The van der Waals surface area contributed by atoms with Crippen LogP contribution in [0.15, 0.2) is 59.8 Å². The molecule has 0 aliphatic rings. The number of halogens is 2. The van der Waals surface area contributed by atoms with E-state index in [9.17, 15) is 22.0 Å². The van der Waals surface area contributed by atoms with Gasteiger partial charge in [0.1, 0.15) is 0 Å². The number of hydrogen-bond acceptors (Lipinski definition) is 6. The van der Waals surface area contributed by atoms with Crippen LogP contribution in [0, 0.1) is 0 Å². The van der Waals surface area contributed by atoms with Crippen LogP contribution in [-0.2, 0) is 10.0 Å². The van der Waals surface area contributed by atoms with Gasteiger partial charge in [0.25, 0.3) is 15.9 Å². The molecule has 1 amide bonds. The van der Waals surface area contributed by atoms with Gasteiger partial charge in [-0.05, 0) is 30.3 Å². The number of nitrogens with one attached hydrogen (secondary N) is 1. The number of alkyl halides is 2. The zero-order chi connectivity index (χ0) is 20.3. The maximum atomic E-state index is 12.7. The maximum absolute atomic E-state index is 12.7. The number of methoxy groups -OCH3 is 1. The second-order valence-corrected chi connectivity index (χ2v) is 7.18. The zero-order valence-corrected chi connectivity index (χ0v) is 15.2. The van der Waals surface area contributed by atoms with Gasteiger partial charge >= 0.3 is 6.61 Å². The molecule has 2 aromatic carbocycles. The lowest BCUT2D eigenvalue weighted by Gasteiger charge is -2.12. The Kier molecular flexibility index (Phi) is 5.41. The molecule has 0 saturated heterocycles. The van der Waals surface area contributed by atoms with E-state index in [1.807, 2.05) is 4.72 Å². The first kappa shape index (κ1) is 19.5. The maximum Gasteiger partial charge on any atom is 0.387 e. The van der Waals surface area contributed by atoms with Gasteiger partial charge < -0.3 is 9.47 Å². The number of nitrogens with zero attached hydrogens (tertiary/aromatic N) is 1. The van der Waals surface area contributed by atoms with Gasteiger partial charge in [-0.2, -0.15) is 8.78 Å². The second kappa shape index (κ2) is 7.77. The third kappa shape index (κ3) is 4.01. The van der Waals surface area contributed by atoms with Crippen molar-refractivity contribution in [2.75, 3.05) is 7.11 Å². The van der Waals surface area contributed by atoms with Crippen molar-refractivity contribution in [3.63, 3.8) is 0 Å². The summed E-state index contributed by atoms with van der Waals surface area (Å²) in [6.07, 6.45) is 2.94. The Balaban J connectivity index is 1.91. The zero-order valence-electron chi connectivity index (χ0n) is 14.4. The van der Waals surface area contributed by atoms with E-state index < -0.39 is 22.5 Å². The van der Waals surface area contributed by atoms with Crippen molar-refractivity contribution in [3.05, 3.63) is 60.4 Å². The SMILES string of the molecule is COc1cc(C(=O)NS(=O)(=O)c2cccc3cnccc23)ccc1OC(F)F. The number of sulfonamides is 1. The average molecular weight is 408 g/mol. The van der Waals surface area contributed by atoms with Crippen LogP contribution < -0.4 is 14.2 Å². The number of fused-ring (bicyclic) bond motifs is 1. The van der Waals surface area contributed by atoms with Gasteiger partial charge in [-0.3, -0.25) is 9.78 Å². The number of amides is 1. The van der Waals surface area contributed by atoms with Crippen molar-refractivity contribution in [1.29, 1.82) is 0 Å². The van der Waals surface area contributed by atoms with Gasteiger partial charge in [-0.1, -0.05) is 12.1 Å². The first-order valence-corrected chi connectivity index (χ1v) is 9.33. The van der Waals surface area contributed by atoms with Crippen molar-refractivity contribution in [3.8, 4) is 11.5 Å². The molecule has 3 aromatic rings. The van der Waals surface area contributed by atoms with E-state index >= 15 is 0 Å². The van der Waals surface area contributed by atoms with Gasteiger partial charge in [-0.15, -0.1) is 0 Å². The first-order chi connectivity index (χ1) is 13.3. The highest BCUT2D eigenvalue weighted by Crippen LogP contribution is 2.29. The topological polar surface area (TPSA) is 94.6 Å². The molecule has 7 nitrogen and oxygen atoms in total. The van der Waals surface area contributed by atoms with Crippen LogP contribution in [0.25, 0.3) is 10.8 Å². The Morgan fingerprint density at radius 1 is 1.14 bits per heavy atom. The Morgan fingerprint density at radius 2 is 1.93 bits per heavy atom. The molecule has 0 radical (unpaired) electrons. The van der Waals surface area contributed by atoms with Crippen LogP contribution in [0.3, 0.4) is 0 Å². The molecule has 0 aliphatic heterocycles. The molecule has 0 saturated carbocycles.